The number of nitrogens with zero attached hydrogens (tertiary/aromatic N) is 1. The van der Waals surface area contributed by atoms with Crippen LogP contribution in [0.2, 0.25) is 5.02 Å². The third kappa shape index (κ3) is 5.34. The number of anilines is 1. The van der Waals surface area contributed by atoms with E-state index < -0.39 is 0 Å². The standard InChI is InChI=1S/C21H19ClN2O3S/c1-26-17-8-9-19(27-2)15(12-17)5-10-20(25)24-21-23-13-18(28-21)11-14-3-6-16(22)7-4-14/h3-10,12-13H,11H2,1-2H3,(H,23,24,25)/b10-5+. The van der Waals surface area contributed by atoms with Gasteiger partial charge in [0.15, 0.2) is 5.13 Å². The second-order valence-corrected chi connectivity index (χ2v) is 7.42. The van der Waals surface area contributed by atoms with Crippen molar-refractivity contribution in [3.8, 4) is 11.5 Å². The van der Waals surface area contributed by atoms with Gasteiger partial charge in [-0.3, -0.25) is 10.1 Å². The van der Waals surface area contributed by atoms with Crippen LogP contribution in [0, 0.1) is 0 Å². The molecule has 1 amide bonds. The van der Waals surface area contributed by atoms with E-state index in [9.17, 15) is 4.79 Å². The number of nitrogens with one attached hydrogen (secondary N) is 1. The van der Waals surface area contributed by atoms with E-state index >= 15 is 0 Å². The number of thiazole rings is 1. The van der Waals surface area contributed by atoms with E-state index in [0.717, 1.165) is 22.4 Å². The van der Waals surface area contributed by atoms with Crippen molar-refractivity contribution in [2.45, 2.75) is 6.42 Å². The summed E-state index contributed by atoms with van der Waals surface area (Å²) in [6.07, 6.45) is 5.63. The zero-order valence-electron chi connectivity index (χ0n) is 15.4. The van der Waals surface area contributed by atoms with E-state index in [-0.39, 0.29) is 5.91 Å². The Labute approximate surface area is 172 Å². The van der Waals surface area contributed by atoms with E-state index in [1.807, 2.05) is 24.3 Å². The molecule has 0 aliphatic rings. The first kappa shape index (κ1) is 19.9. The van der Waals surface area contributed by atoms with Gasteiger partial charge >= 0.3 is 0 Å². The average Bonchev–Trinajstić information content (AvgIpc) is 3.14. The fourth-order valence-electron chi connectivity index (χ4n) is 2.53. The van der Waals surface area contributed by atoms with Gasteiger partial charge in [-0.1, -0.05) is 23.7 Å². The van der Waals surface area contributed by atoms with Crippen molar-refractivity contribution in [3.05, 3.63) is 75.8 Å². The molecule has 1 N–H and O–H groups in total. The molecule has 28 heavy (non-hydrogen) atoms. The molecule has 1 aromatic heterocycles. The molecule has 1 heterocycles. The molecule has 0 radical (unpaired) electrons. The molecule has 0 saturated carbocycles. The predicted molar refractivity (Wildman–Crippen MR) is 114 cm³/mol. The highest BCUT2D eigenvalue weighted by atomic mass is 35.5. The Morgan fingerprint density at radius 3 is 2.68 bits per heavy atom. The molecule has 2 aromatic carbocycles. The summed E-state index contributed by atoms with van der Waals surface area (Å²) >= 11 is 7.35. The van der Waals surface area contributed by atoms with Crippen molar-refractivity contribution in [1.29, 1.82) is 0 Å². The summed E-state index contributed by atoms with van der Waals surface area (Å²) in [5.41, 5.74) is 1.88. The van der Waals surface area contributed by atoms with Crippen LogP contribution >= 0.6 is 22.9 Å². The lowest BCUT2D eigenvalue weighted by Crippen LogP contribution is -2.07. The highest BCUT2D eigenvalue weighted by molar-refractivity contribution is 7.15. The van der Waals surface area contributed by atoms with Crippen LogP contribution in [0.3, 0.4) is 0 Å². The molecule has 0 aliphatic heterocycles. The van der Waals surface area contributed by atoms with Gasteiger partial charge in [0.05, 0.1) is 14.2 Å². The second-order valence-electron chi connectivity index (χ2n) is 5.87. The smallest absolute Gasteiger partial charge is 0.250 e. The van der Waals surface area contributed by atoms with Crippen LogP contribution in [0.5, 0.6) is 11.5 Å². The van der Waals surface area contributed by atoms with Gasteiger partial charge in [-0.2, -0.15) is 0 Å². The summed E-state index contributed by atoms with van der Waals surface area (Å²) in [6.45, 7) is 0. The number of ether oxygens (including phenoxy) is 2. The van der Waals surface area contributed by atoms with Gasteiger partial charge in [-0.15, -0.1) is 11.3 Å². The van der Waals surface area contributed by atoms with Gasteiger partial charge in [-0.05, 0) is 42.0 Å². The molecule has 0 atom stereocenters. The largest absolute Gasteiger partial charge is 0.497 e. The van der Waals surface area contributed by atoms with Gasteiger partial charge in [0, 0.05) is 34.2 Å². The third-order valence-corrected chi connectivity index (χ3v) is 5.09. The zero-order chi connectivity index (χ0) is 19.9. The van der Waals surface area contributed by atoms with Crippen LogP contribution in [0.1, 0.15) is 16.0 Å². The number of hydrogen-bond donors (Lipinski definition) is 1. The molecule has 3 rings (SSSR count). The summed E-state index contributed by atoms with van der Waals surface area (Å²) in [6, 6.07) is 13.1. The topological polar surface area (TPSA) is 60.5 Å². The molecule has 5 nitrogen and oxygen atoms in total. The predicted octanol–water partition coefficient (Wildman–Crippen LogP) is 5.06. The van der Waals surface area contributed by atoms with E-state index in [4.69, 9.17) is 21.1 Å². The lowest BCUT2D eigenvalue weighted by molar-refractivity contribution is -0.111. The molecular weight excluding hydrogens is 396 g/mol. The monoisotopic (exact) mass is 414 g/mol. The number of halogens is 1. The van der Waals surface area contributed by atoms with Crippen LogP contribution in [0.25, 0.3) is 6.08 Å². The number of carbonyl (C=O) groups is 1. The lowest BCUT2D eigenvalue weighted by Gasteiger charge is -2.07. The van der Waals surface area contributed by atoms with Crippen LogP contribution in [0.15, 0.2) is 54.7 Å². The molecule has 0 unspecified atom stereocenters. The Morgan fingerprint density at radius 1 is 1.18 bits per heavy atom. The van der Waals surface area contributed by atoms with Crippen LogP contribution in [-0.4, -0.2) is 25.1 Å². The van der Waals surface area contributed by atoms with Crippen molar-refractivity contribution in [1.82, 2.24) is 4.98 Å². The van der Waals surface area contributed by atoms with Crippen LogP contribution in [0.4, 0.5) is 5.13 Å². The van der Waals surface area contributed by atoms with Crippen LogP contribution < -0.4 is 14.8 Å². The van der Waals surface area contributed by atoms with Crippen molar-refractivity contribution in [3.63, 3.8) is 0 Å². The highest BCUT2D eigenvalue weighted by Gasteiger charge is 2.07. The molecule has 3 aromatic rings. The zero-order valence-corrected chi connectivity index (χ0v) is 17.0. The number of methoxy groups -OCH3 is 2. The summed E-state index contributed by atoms with van der Waals surface area (Å²) < 4.78 is 10.5. The number of aromatic nitrogens is 1. The van der Waals surface area contributed by atoms with Crippen molar-refractivity contribution < 1.29 is 14.3 Å². The van der Waals surface area contributed by atoms with E-state index in [1.165, 1.54) is 17.4 Å². The summed E-state index contributed by atoms with van der Waals surface area (Å²) in [5.74, 6) is 1.08. The number of amides is 1. The number of benzene rings is 2. The van der Waals surface area contributed by atoms with E-state index in [2.05, 4.69) is 10.3 Å². The number of rotatable bonds is 7. The second kappa shape index (κ2) is 9.39. The minimum absolute atomic E-state index is 0.266. The highest BCUT2D eigenvalue weighted by Crippen LogP contribution is 2.25. The van der Waals surface area contributed by atoms with Crippen LogP contribution in [-0.2, 0) is 11.2 Å². The first-order chi connectivity index (χ1) is 13.6. The van der Waals surface area contributed by atoms with Gasteiger partial charge in [-0.25, -0.2) is 4.98 Å². The first-order valence-corrected chi connectivity index (χ1v) is 9.67. The fraction of sp³-hybridized carbons (Fsp3) is 0.143. The summed E-state index contributed by atoms with van der Waals surface area (Å²) in [7, 11) is 3.17. The molecular formula is C21H19ClN2O3S. The van der Waals surface area contributed by atoms with E-state index in [0.29, 0.717) is 21.7 Å². The van der Waals surface area contributed by atoms with Crippen molar-refractivity contribution >= 4 is 40.1 Å². The van der Waals surface area contributed by atoms with Gasteiger partial charge in [0.1, 0.15) is 11.5 Å². The maximum Gasteiger partial charge on any atom is 0.250 e. The van der Waals surface area contributed by atoms with E-state index in [1.54, 1.807) is 44.7 Å². The number of hydrogen-bond acceptors (Lipinski definition) is 5. The first-order valence-electron chi connectivity index (χ1n) is 8.47. The molecule has 0 spiro atoms. The summed E-state index contributed by atoms with van der Waals surface area (Å²) in [4.78, 5) is 17.5. The molecule has 0 fully saturated rings. The molecule has 0 bridgehead atoms. The molecule has 7 heteroatoms. The Balaban J connectivity index is 1.63. The Kier molecular flexibility index (Phi) is 6.68. The minimum Gasteiger partial charge on any atom is -0.497 e. The molecule has 144 valence electrons. The van der Waals surface area contributed by atoms with Gasteiger partial charge < -0.3 is 9.47 Å². The maximum absolute atomic E-state index is 12.2. The lowest BCUT2D eigenvalue weighted by atomic mass is 10.1. The van der Waals surface area contributed by atoms with Crippen molar-refractivity contribution in [2.75, 3.05) is 19.5 Å². The maximum atomic E-state index is 12.2. The Morgan fingerprint density at radius 2 is 1.96 bits per heavy atom. The quantitative estimate of drug-likeness (QED) is 0.549. The number of carbonyl (C=O) groups excluding carboxylic acids is 1. The minimum atomic E-state index is -0.266. The van der Waals surface area contributed by atoms with Gasteiger partial charge in [0.2, 0.25) is 5.91 Å². The Hall–Kier alpha value is -2.83. The van der Waals surface area contributed by atoms with Gasteiger partial charge in [0.25, 0.3) is 0 Å². The molecule has 0 aliphatic carbocycles. The SMILES string of the molecule is COc1ccc(OC)c(/C=C/C(=O)Nc2ncc(Cc3ccc(Cl)cc3)s2)c1. The normalized spacial score (nSPS) is 10.8. The third-order valence-electron chi connectivity index (χ3n) is 3.93. The average molecular weight is 415 g/mol. The Bertz CT molecular complexity index is 984. The van der Waals surface area contributed by atoms with Crippen molar-refractivity contribution in [2.24, 2.45) is 0 Å². The molecule has 0 saturated heterocycles. The fourth-order valence-corrected chi connectivity index (χ4v) is 3.51. The summed E-state index contributed by atoms with van der Waals surface area (Å²) in [5, 5.41) is 4.04.